The molecule has 0 N–H and O–H groups in total. The highest BCUT2D eigenvalue weighted by Crippen LogP contribution is 2.32. The Morgan fingerprint density at radius 1 is 1.28 bits per heavy atom. The minimum absolute atomic E-state index is 0.128. The summed E-state index contributed by atoms with van der Waals surface area (Å²) >= 11 is 0. The lowest BCUT2D eigenvalue weighted by atomic mass is 9.84. The lowest BCUT2D eigenvalue weighted by Gasteiger charge is -2.33. The number of amides is 1. The van der Waals surface area contributed by atoms with Crippen LogP contribution in [0.4, 0.5) is 0 Å². The maximum atomic E-state index is 12.7. The van der Waals surface area contributed by atoms with Gasteiger partial charge >= 0.3 is 10.1 Å². The molecule has 140 valence electrons. The van der Waals surface area contributed by atoms with Crippen molar-refractivity contribution in [2.45, 2.75) is 39.7 Å². The fourth-order valence-electron chi connectivity index (χ4n) is 2.85. The molecule has 1 aliphatic carbocycles. The minimum Gasteiger partial charge on any atom is -0.493 e. The van der Waals surface area contributed by atoms with Crippen molar-refractivity contribution in [1.82, 2.24) is 4.90 Å². The SMILES string of the molecule is COc1ccc(CN(CC(C)C)C(=O)C2CCC2)cc1OS(C)(=O)=O. The first-order chi connectivity index (χ1) is 11.7. The van der Waals surface area contributed by atoms with Gasteiger partial charge in [0, 0.05) is 19.0 Å². The van der Waals surface area contributed by atoms with Crippen LogP contribution in [-0.4, -0.2) is 39.1 Å². The van der Waals surface area contributed by atoms with E-state index in [1.807, 2.05) is 11.0 Å². The average Bonchev–Trinajstić information content (AvgIpc) is 2.42. The molecule has 1 saturated carbocycles. The van der Waals surface area contributed by atoms with Crippen molar-refractivity contribution in [2.75, 3.05) is 19.9 Å². The first-order valence-electron chi connectivity index (χ1n) is 8.54. The molecule has 1 aromatic rings. The molecule has 1 amide bonds. The molecule has 0 radical (unpaired) electrons. The highest BCUT2D eigenvalue weighted by atomic mass is 32.2. The predicted octanol–water partition coefficient (Wildman–Crippen LogP) is 2.82. The smallest absolute Gasteiger partial charge is 0.306 e. The lowest BCUT2D eigenvalue weighted by Crippen LogP contribution is -2.40. The van der Waals surface area contributed by atoms with Crippen LogP contribution in [-0.2, 0) is 21.5 Å². The summed E-state index contributed by atoms with van der Waals surface area (Å²) in [5, 5.41) is 0. The van der Waals surface area contributed by atoms with Crippen LogP contribution in [0.2, 0.25) is 0 Å². The van der Waals surface area contributed by atoms with E-state index in [1.54, 1.807) is 12.1 Å². The zero-order valence-corrected chi connectivity index (χ0v) is 16.1. The Kier molecular flexibility index (Phi) is 6.32. The van der Waals surface area contributed by atoms with Gasteiger partial charge in [0.25, 0.3) is 0 Å². The van der Waals surface area contributed by atoms with Gasteiger partial charge in [-0.2, -0.15) is 8.42 Å². The Balaban J connectivity index is 2.22. The molecule has 0 heterocycles. The zero-order chi connectivity index (χ0) is 18.6. The van der Waals surface area contributed by atoms with Crippen LogP contribution in [0.5, 0.6) is 11.5 Å². The normalized spacial score (nSPS) is 14.9. The largest absolute Gasteiger partial charge is 0.493 e. The monoisotopic (exact) mass is 369 g/mol. The Labute approximate surface area is 150 Å². The van der Waals surface area contributed by atoms with Gasteiger partial charge in [0.05, 0.1) is 13.4 Å². The topological polar surface area (TPSA) is 72.9 Å². The number of carbonyl (C=O) groups is 1. The minimum atomic E-state index is -3.66. The summed E-state index contributed by atoms with van der Waals surface area (Å²) in [6.07, 6.45) is 4.02. The number of carbonyl (C=O) groups excluding carboxylic acids is 1. The van der Waals surface area contributed by atoms with Crippen LogP contribution in [0, 0.1) is 11.8 Å². The van der Waals surface area contributed by atoms with Gasteiger partial charge in [-0.15, -0.1) is 0 Å². The van der Waals surface area contributed by atoms with Crippen molar-refractivity contribution >= 4 is 16.0 Å². The molecule has 1 aromatic carbocycles. The van der Waals surface area contributed by atoms with Gasteiger partial charge in [0.1, 0.15) is 0 Å². The fraction of sp³-hybridized carbons (Fsp3) is 0.611. The summed E-state index contributed by atoms with van der Waals surface area (Å²) in [5.74, 6) is 1.15. The molecule has 25 heavy (non-hydrogen) atoms. The van der Waals surface area contributed by atoms with E-state index in [0.717, 1.165) is 31.1 Å². The summed E-state index contributed by atoms with van der Waals surface area (Å²) in [6.45, 7) is 5.25. The van der Waals surface area contributed by atoms with Crippen molar-refractivity contribution < 1.29 is 22.1 Å². The molecular formula is C18H27NO5S. The molecule has 0 atom stereocenters. The Morgan fingerprint density at radius 3 is 2.44 bits per heavy atom. The maximum absolute atomic E-state index is 12.7. The number of nitrogens with zero attached hydrogens (tertiary/aromatic N) is 1. The first kappa shape index (κ1) is 19.6. The third-order valence-electron chi connectivity index (χ3n) is 4.19. The van der Waals surface area contributed by atoms with Gasteiger partial charge in [-0.25, -0.2) is 0 Å². The first-order valence-corrected chi connectivity index (χ1v) is 10.4. The zero-order valence-electron chi connectivity index (χ0n) is 15.3. The number of ether oxygens (including phenoxy) is 1. The second-order valence-corrected chi connectivity index (χ2v) is 8.59. The molecule has 0 aliphatic heterocycles. The van der Waals surface area contributed by atoms with E-state index in [2.05, 4.69) is 13.8 Å². The Hall–Kier alpha value is -1.76. The average molecular weight is 369 g/mol. The second kappa shape index (κ2) is 8.08. The van der Waals surface area contributed by atoms with Crippen LogP contribution < -0.4 is 8.92 Å². The van der Waals surface area contributed by atoms with Crippen LogP contribution in [0.15, 0.2) is 18.2 Å². The van der Waals surface area contributed by atoms with E-state index < -0.39 is 10.1 Å². The van der Waals surface area contributed by atoms with Gasteiger partial charge in [-0.3, -0.25) is 4.79 Å². The highest BCUT2D eigenvalue weighted by Gasteiger charge is 2.29. The molecule has 1 aliphatic rings. The number of rotatable bonds is 8. The number of methoxy groups -OCH3 is 1. The molecule has 2 rings (SSSR count). The van der Waals surface area contributed by atoms with Crippen molar-refractivity contribution in [3.05, 3.63) is 23.8 Å². The van der Waals surface area contributed by atoms with Gasteiger partial charge in [0.15, 0.2) is 11.5 Å². The van der Waals surface area contributed by atoms with Crippen molar-refractivity contribution in [3.63, 3.8) is 0 Å². The molecular weight excluding hydrogens is 342 g/mol. The van der Waals surface area contributed by atoms with Gasteiger partial charge in [-0.1, -0.05) is 26.3 Å². The molecule has 1 fully saturated rings. The van der Waals surface area contributed by atoms with E-state index >= 15 is 0 Å². The summed E-state index contributed by atoms with van der Waals surface area (Å²) in [7, 11) is -2.21. The number of hydrogen-bond donors (Lipinski definition) is 0. The Bertz CT molecular complexity index is 710. The molecule has 6 nitrogen and oxygen atoms in total. The maximum Gasteiger partial charge on any atom is 0.306 e. The van der Waals surface area contributed by atoms with Gasteiger partial charge < -0.3 is 13.8 Å². The number of benzene rings is 1. The third-order valence-corrected chi connectivity index (χ3v) is 4.68. The van der Waals surface area contributed by atoms with Crippen molar-refractivity contribution in [2.24, 2.45) is 11.8 Å². The highest BCUT2D eigenvalue weighted by molar-refractivity contribution is 7.86. The van der Waals surface area contributed by atoms with Crippen LogP contribution in [0.25, 0.3) is 0 Å². The van der Waals surface area contributed by atoms with Crippen LogP contribution in [0.3, 0.4) is 0 Å². The van der Waals surface area contributed by atoms with E-state index in [4.69, 9.17) is 8.92 Å². The van der Waals surface area contributed by atoms with Crippen molar-refractivity contribution in [1.29, 1.82) is 0 Å². The van der Waals surface area contributed by atoms with Gasteiger partial charge in [0.2, 0.25) is 5.91 Å². The standard InChI is InChI=1S/C18H27NO5S/c1-13(2)11-19(18(20)15-6-5-7-15)12-14-8-9-16(23-3)17(10-14)24-25(4,21)22/h8-10,13,15H,5-7,11-12H2,1-4H3. The quantitative estimate of drug-likeness (QED) is 0.659. The molecule has 7 heteroatoms. The van der Waals surface area contributed by atoms with E-state index in [1.165, 1.54) is 7.11 Å². The van der Waals surface area contributed by atoms with Crippen molar-refractivity contribution in [3.8, 4) is 11.5 Å². The van der Waals surface area contributed by atoms with E-state index in [0.29, 0.717) is 24.8 Å². The van der Waals surface area contributed by atoms with Crippen LogP contribution >= 0.6 is 0 Å². The molecule has 0 aromatic heterocycles. The van der Waals surface area contributed by atoms with Gasteiger partial charge in [-0.05, 0) is 36.5 Å². The van der Waals surface area contributed by atoms with E-state index in [9.17, 15) is 13.2 Å². The summed E-state index contributed by atoms with van der Waals surface area (Å²) in [6, 6.07) is 5.12. The summed E-state index contributed by atoms with van der Waals surface area (Å²) in [5.41, 5.74) is 0.813. The third kappa shape index (κ3) is 5.63. The molecule has 0 saturated heterocycles. The molecule has 0 spiro atoms. The fourth-order valence-corrected chi connectivity index (χ4v) is 3.31. The number of hydrogen-bond acceptors (Lipinski definition) is 5. The Morgan fingerprint density at radius 2 is 1.96 bits per heavy atom. The predicted molar refractivity (Wildman–Crippen MR) is 96.1 cm³/mol. The van der Waals surface area contributed by atoms with E-state index in [-0.39, 0.29) is 17.6 Å². The lowest BCUT2D eigenvalue weighted by molar-refractivity contribution is -0.139. The van der Waals surface area contributed by atoms with Crippen LogP contribution in [0.1, 0.15) is 38.7 Å². The summed E-state index contributed by atoms with van der Waals surface area (Å²) < 4.78 is 33.1. The molecule has 0 unspecified atom stereocenters. The summed E-state index contributed by atoms with van der Waals surface area (Å²) in [4.78, 5) is 14.5. The molecule has 0 bridgehead atoms. The second-order valence-electron chi connectivity index (χ2n) is 7.01.